The number of hydrogen-bond donors (Lipinski definition) is 1. The molecule has 2 N–H and O–H groups in total. The highest BCUT2D eigenvalue weighted by molar-refractivity contribution is 5.92. The molecule has 0 aliphatic rings. The third-order valence-electron chi connectivity index (χ3n) is 2.74. The van der Waals surface area contributed by atoms with Crippen LogP contribution in [0.4, 0.5) is 5.82 Å². The third-order valence-corrected chi connectivity index (χ3v) is 2.74. The fourth-order valence-corrected chi connectivity index (χ4v) is 1.79. The van der Waals surface area contributed by atoms with Crippen molar-refractivity contribution < 1.29 is 13.9 Å². The summed E-state index contributed by atoms with van der Waals surface area (Å²) in [5.74, 6) is 1.35. The SMILES string of the molecule is COC(=O)c1nc(C)n(CCc2ccco2)c1N. The maximum Gasteiger partial charge on any atom is 0.360 e. The Balaban J connectivity index is 2.18. The molecule has 0 atom stereocenters. The fraction of sp³-hybridized carbons (Fsp3) is 0.333. The van der Waals surface area contributed by atoms with E-state index in [1.165, 1.54) is 7.11 Å². The molecule has 6 nitrogen and oxygen atoms in total. The molecule has 0 unspecified atom stereocenters. The summed E-state index contributed by atoms with van der Waals surface area (Å²) in [5.41, 5.74) is 6.05. The van der Waals surface area contributed by atoms with Crippen LogP contribution in [0, 0.1) is 6.92 Å². The van der Waals surface area contributed by atoms with Crippen LogP contribution in [-0.2, 0) is 17.7 Å². The lowest BCUT2D eigenvalue weighted by Gasteiger charge is -2.06. The Hall–Kier alpha value is -2.24. The van der Waals surface area contributed by atoms with Crippen molar-refractivity contribution in [2.75, 3.05) is 12.8 Å². The second kappa shape index (κ2) is 4.95. The number of nitrogen functional groups attached to an aromatic ring is 1. The van der Waals surface area contributed by atoms with Gasteiger partial charge in [-0.15, -0.1) is 0 Å². The number of rotatable bonds is 4. The van der Waals surface area contributed by atoms with Crippen LogP contribution in [0.3, 0.4) is 0 Å². The molecule has 2 aromatic rings. The molecule has 18 heavy (non-hydrogen) atoms. The van der Waals surface area contributed by atoms with Crippen LogP contribution >= 0.6 is 0 Å². The number of imidazole rings is 1. The number of nitrogens with zero attached hydrogens (tertiary/aromatic N) is 2. The number of nitrogens with two attached hydrogens (primary N) is 1. The van der Waals surface area contributed by atoms with E-state index >= 15 is 0 Å². The van der Waals surface area contributed by atoms with Crippen molar-refractivity contribution in [2.45, 2.75) is 19.9 Å². The zero-order valence-electron chi connectivity index (χ0n) is 10.3. The van der Waals surface area contributed by atoms with E-state index in [1.54, 1.807) is 17.8 Å². The molecular formula is C12H15N3O3. The molecule has 2 heterocycles. The molecule has 96 valence electrons. The molecule has 0 aliphatic carbocycles. The van der Waals surface area contributed by atoms with E-state index in [9.17, 15) is 4.79 Å². The van der Waals surface area contributed by atoms with Gasteiger partial charge in [0, 0.05) is 13.0 Å². The Morgan fingerprint density at radius 1 is 1.61 bits per heavy atom. The van der Waals surface area contributed by atoms with Crippen molar-refractivity contribution in [3.8, 4) is 0 Å². The van der Waals surface area contributed by atoms with Crippen molar-refractivity contribution in [2.24, 2.45) is 0 Å². The van der Waals surface area contributed by atoms with Gasteiger partial charge in [0.2, 0.25) is 0 Å². The van der Waals surface area contributed by atoms with Crippen LogP contribution in [0.1, 0.15) is 22.1 Å². The molecule has 0 spiro atoms. The zero-order valence-corrected chi connectivity index (χ0v) is 10.3. The molecule has 0 bridgehead atoms. The minimum atomic E-state index is -0.521. The summed E-state index contributed by atoms with van der Waals surface area (Å²) in [4.78, 5) is 15.5. The van der Waals surface area contributed by atoms with Crippen molar-refractivity contribution >= 4 is 11.8 Å². The van der Waals surface area contributed by atoms with Gasteiger partial charge in [-0.3, -0.25) is 0 Å². The number of carbonyl (C=O) groups excluding carboxylic acids is 1. The maximum absolute atomic E-state index is 11.4. The van der Waals surface area contributed by atoms with Gasteiger partial charge >= 0.3 is 5.97 Å². The Bertz CT molecular complexity index is 543. The van der Waals surface area contributed by atoms with Crippen molar-refractivity contribution in [3.05, 3.63) is 35.7 Å². The summed E-state index contributed by atoms with van der Waals surface area (Å²) in [6.07, 6.45) is 2.31. The Morgan fingerprint density at radius 3 is 3.00 bits per heavy atom. The van der Waals surface area contributed by atoms with Crippen LogP contribution in [0.25, 0.3) is 0 Å². The van der Waals surface area contributed by atoms with E-state index < -0.39 is 5.97 Å². The summed E-state index contributed by atoms with van der Waals surface area (Å²) in [5, 5.41) is 0. The highest BCUT2D eigenvalue weighted by Gasteiger charge is 2.18. The van der Waals surface area contributed by atoms with Gasteiger partial charge in [-0.25, -0.2) is 9.78 Å². The number of aromatic nitrogens is 2. The van der Waals surface area contributed by atoms with Gasteiger partial charge in [0.1, 0.15) is 17.4 Å². The number of hydrogen-bond acceptors (Lipinski definition) is 5. The summed E-state index contributed by atoms with van der Waals surface area (Å²) in [6, 6.07) is 3.73. The molecule has 0 amide bonds. The lowest BCUT2D eigenvalue weighted by Crippen LogP contribution is -2.10. The van der Waals surface area contributed by atoms with Crippen LogP contribution in [-0.4, -0.2) is 22.6 Å². The molecular weight excluding hydrogens is 234 g/mol. The molecule has 0 fully saturated rings. The first-order valence-electron chi connectivity index (χ1n) is 5.56. The van der Waals surface area contributed by atoms with E-state index in [0.29, 0.717) is 24.6 Å². The predicted octanol–water partition coefficient (Wildman–Crippen LogP) is 1.40. The molecule has 2 aromatic heterocycles. The lowest BCUT2D eigenvalue weighted by molar-refractivity contribution is 0.0595. The highest BCUT2D eigenvalue weighted by atomic mass is 16.5. The van der Waals surface area contributed by atoms with Crippen molar-refractivity contribution in [1.82, 2.24) is 9.55 Å². The number of carbonyl (C=O) groups is 1. The number of furan rings is 1. The van der Waals surface area contributed by atoms with Gasteiger partial charge in [0.25, 0.3) is 0 Å². The van der Waals surface area contributed by atoms with Crippen LogP contribution in [0.5, 0.6) is 0 Å². The Kier molecular flexibility index (Phi) is 3.36. The summed E-state index contributed by atoms with van der Waals surface area (Å²) < 4.78 is 11.6. The number of anilines is 1. The number of ether oxygens (including phenoxy) is 1. The van der Waals surface area contributed by atoms with Crippen molar-refractivity contribution in [3.63, 3.8) is 0 Å². The largest absolute Gasteiger partial charge is 0.469 e. The molecule has 0 aliphatic heterocycles. The van der Waals surface area contributed by atoms with Gasteiger partial charge < -0.3 is 19.5 Å². The second-order valence-electron chi connectivity index (χ2n) is 3.87. The lowest BCUT2D eigenvalue weighted by atomic mass is 10.3. The first kappa shape index (κ1) is 12.2. The topological polar surface area (TPSA) is 83.3 Å². The molecule has 0 radical (unpaired) electrons. The molecule has 6 heteroatoms. The van der Waals surface area contributed by atoms with Gasteiger partial charge in [-0.2, -0.15) is 0 Å². The van der Waals surface area contributed by atoms with Crippen LogP contribution in [0.15, 0.2) is 22.8 Å². The van der Waals surface area contributed by atoms with E-state index in [1.807, 2.05) is 12.1 Å². The highest BCUT2D eigenvalue weighted by Crippen LogP contribution is 2.16. The van der Waals surface area contributed by atoms with Crippen LogP contribution in [0.2, 0.25) is 0 Å². The molecule has 0 saturated heterocycles. The zero-order chi connectivity index (χ0) is 13.1. The van der Waals surface area contributed by atoms with Gasteiger partial charge in [0.15, 0.2) is 5.69 Å². The summed E-state index contributed by atoms with van der Waals surface area (Å²) in [6.45, 7) is 2.40. The molecule has 0 aromatic carbocycles. The van der Waals surface area contributed by atoms with E-state index in [-0.39, 0.29) is 5.69 Å². The number of methoxy groups -OCH3 is 1. The monoisotopic (exact) mass is 249 g/mol. The first-order chi connectivity index (χ1) is 8.63. The predicted molar refractivity (Wildman–Crippen MR) is 65.1 cm³/mol. The Labute approximate surface area is 104 Å². The van der Waals surface area contributed by atoms with E-state index in [0.717, 1.165) is 5.76 Å². The van der Waals surface area contributed by atoms with Gasteiger partial charge in [0.05, 0.1) is 13.4 Å². The van der Waals surface area contributed by atoms with E-state index in [4.69, 9.17) is 10.2 Å². The van der Waals surface area contributed by atoms with E-state index in [2.05, 4.69) is 9.72 Å². The molecule has 0 saturated carbocycles. The van der Waals surface area contributed by atoms with Crippen LogP contribution < -0.4 is 5.73 Å². The number of aryl methyl sites for hydroxylation is 2. The average Bonchev–Trinajstić information content (AvgIpc) is 2.96. The summed E-state index contributed by atoms with van der Waals surface area (Å²) in [7, 11) is 1.30. The van der Waals surface area contributed by atoms with Gasteiger partial charge in [-0.1, -0.05) is 0 Å². The van der Waals surface area contributed by atoms with Crippen molar-refractivity contribution in [1.29, 1.82) is 0 Å². The minimum absolute atomic E-state index is 0.162. The Morgan fingerprint density at radius 2 is 2.39 bits per heavy atom. The summed E-state index contributed by atoms with van der Waals surface area (Å²) >= 11 is 0. The normalized spacial score (nSPS) is 10.6. The standard InChI is InChI=1S/C12H15N3O3/c1-8-14-10(12(16)17-2)11(13)15(8)6-5-9-4-3-7-18-9/h3-4,7H,5-6,13H2,1-2H3. The first-order valence-corrected chi connectivity index (χ1v) is 5.56. The third kappa shape index (κ3) is 2.22. The van der Waals surface area contributed by atoms with Gasteiger partial charge in [-0.05, 0) is 19.1 Å². The molecule has 2 rings (SSSR count). The number of esters is 1. The average molecular weight is 249 g/mol. The quantitative estimate of drug-likeness (QED) is 0.828. The fourth-order valence-electron chi connectivity index (χ4n) is 1.79. The smallest absolute Gasteiger partial charge is 0.360 e. The second-order valence-corrected chi connectivity index (χ2v) is 3.87. The minimum Gasteiger partial charge on any atom is -0.469 e. The maximum atomic E-state index is 11.4.